The van der Waals surface area contributed by atoms with Crippen LogP contribution in [0.3, 0.4) is 0 Å². The SMILES string of the molecule is CC(C)(C)OC(=O)N1CCC[C@H]1C[N+](C)(C)C. The zero-order chi connectivity index (χ0) is 13.3. The van der Waals surface area contributed by atoms with Crippen molar-refractivity contribution in [1.29, 1.82) is 0 Å². The van der Waals surface area contributed by atoms with Crippen molar-refractivity contribution in [2.45, 2.75) is 45.3 Å². The summed E-state index contributed by atoms with van der Waals surface area (Å²) < 4.78 is 6.33. The average molecular weight is 243 g/mol. The molecule has 4 heteroatoms. The van der Waals surface area contributed by atoms with Crippen molar-refractivity contribution in [1.82, 2.24) is 4.90 Å². The van der Waals surface area contributed by atoms with Gasteiger partial charge >= 0.3 is 6.09 Å². The highest BCUT2D eigenvalue weighted by Crippen LogP contribution is 2.22. The molecule has 0 saturated carbocycles. The van der Waals surface area contributed by atoms with Gasteiger partial charge in [-0.05, 0) is 33.6 Å². The Hall–Kier alpha value is -0.770. The molecule has 0 aromatic carbocycles. The topological polar surface area (TPSA) is 29.5 Å². The first-order valence-corrected chi connectivity index (χ1v) is 6.38. The fourth-order valence-electron chi connectivity index (χ4n) is 2.22. The van der Waals surface area contributed by atoms with E-state index in [1.54, 1.807) is 0 Å². The lowest BCUT2D eigenvalue weighted by Crippen LogP contribution is -2.49. The fraction of sp³-hybridized carbons (Fsp3) is 0.923. The van der Waals surface area contributed by atoms with Crippen molar-refractivity contribution in [3.05, 3.63) is 0 Å². The van der Waals surface area contributed by atoms with Gasteiger partial charge in [-0.3, -0.25) is 4.90 Å². The molecule has 1 aliphatic rings. The lowest BCUT2D eigenvalue weighted by molar-refractivity contribution is -0.872. The molecule has 0 spiro atoms. The van der Waals surface area contributed by atoms with E-state index in [9.17, 15) is 4.79 Å². The lowest BCUT2D eigenvalue weighted by atomic mass is 10.2. The summed E-state index contributed by atoms with van der Waals surface area (Å²) in [6, 6.07) is 0.324. The van der Waals surface area contributed by atoms with Crippen molar-refractivity contribution in [2.24, 2.45) is 0 Å². The van der Waals surface area contributed by atoms with Crippen LogP contribution in [0.4, 0.5) is 4.79 Å². The summed E-state index contributed by atoms with van der Waals surface area (Å²) in [4.78, 5) is 14.0. The minimum absolute atomic E-state index is 0.159. The maximum absolute atomic E-state index is 12.1. The molecule has 0 radical (unpaired) electrons. The minimum Gasteiger partial charge on any atom is -0.444 e. The summed E-state index contributed by atoms with van der Waals surface area (Å²) in [5.41, 5.74) is -0.402. The molecule has 1 fully saturated rings. The molecule has 0 aliphatic carbocycles. The van der Waals surface area contributed by atoms with Gasteiger partial charge in [0.15, 0.2) is 0 Å². The third kappa shape index (κ3) is 4.94. The van der Waals surface area contributed by atoms with Gasteiger partial charge in [0.25, 0.3) is 0 Å². The molecule has 17 heavy (non-hydrogen) atoms. The zero-order valence-electron chi connectivity index (χ0n) is 12.1. The Morgan fingerprint density at radius 1 is 1.35 bits per heavy atom. The van der Waals surface area contributed by atoms with E-state index >= 15 is 0 Å². The minimum atomic E-state index is -0.402. The first-order chi connectivity index (χ1) is 7.58. The lowest BCUT2D eigenvalue weighted by Gasteiger charge is -2.33. The summed E-state index contributed by atoms with van der Waals surface area (Å²) in [6.07, 6.45) is 2.02. The molecule has 0 bridgehead atoms. The van der Waals surface area contributed by atoms with Crippen LogP contribution in [0, 0.1) is 0 Å². The van der Waals surface area contributed by atoms with Gasteiger partial charge in [-0.15, -0.1) is 0 Å². The van der Waals surface area contributed by atoms with Crippen LogP contribution in [0.15, 0.2) is 0 Å². The number of carbonyl (C=O) groups is 1. The fourth-order valence-corrected chi connectivity index (χ4v) is 2.22. The maximum atomic E-state index is 12.1. The van der Waals surface area contributed by atoms with Crippen LogP contribution in [0.1, 0.15) is 33.6 Å². The highest BCUT2D eigenvalue weighted by Gasteiger charge is 2.35. The van der Waals surface area contributed by atoms with Gasteiger partial charge in [0.1, 0.15) is 5.60 Å². The number of quaternary nitrogens is 1. The molecule has 0 aromatic rings. The maximum Gasteiger partial charge on any atom is 0.410 e. The van der Waals surface area contributed by atoms with E-state index in [1.165, 1.54) is 0 Å². The molecule has 0 N–H and O–H groups in total. The van der Waals surface area contributed by atoms with E-state index in [0.29, 0.717) is 6.04 Å². The van der Waals surface area contributed by atoms with Crippen LogP contribution >= 0.6 is 0 Å². The largest absolute Gasteiger partial charge is 0.444 e. The van der Waals surface area contributed by atoms with E-state index < -0.39 is 5.60 Å². The monoisotopic (exact) mass is 243 g/mol. The van der Waals surface area contributed by atoms with Gasteiger partial charge in [-0.1, -0.05) is 0 Å². The summed E-state index contributed by atoms with van der Waals surface area (Å²) in [7, 11) is 6.47. The summed E-state index contributed by atoms with van der Waals surface area (Å²) in [5.74, 6) is 0. The molecule has 1 rings (SSSR count). The van der Waals surface area contributed by atoms with Crippen molar-refractivity contribution < 1.29 is 14.0 Å². The van der Waals surface area contributed by atoms with Gasteiger partial charge in [-0.25, -0.2) is 4.79 Å². The Labute approximate surface area is 105 Å². The van der Waals surface area contributed by atoms with Crippen LogP contribution in [0.2, 0.25) is 0 Å². The van der Waals surface area contributed by atoms with Crippen LogP contribution in [-0.4, -0.2) is 61.4 Å². The molecule has 1 amide bonds. The summed E-state index contributed by atoms with van der Waals surface area (Å²) in [5, 5.41) is 0. The van der Waals surface area contributed by atoms with Gasteiger partial charge in [-0.2, -0.15) is 0 Å². The average Bonchev–Trinajstić information content (AvgIpc) is 2.45. The Morgan fingerprint density at radius 3 is 2.41 bits per heavy atom. The number of hydrogen-bond acceptors (Lipinski definition) is 2. The Balaban J connectivity index is 2.60. The molecular weight excluding hydrogens is 216 g/mol. The van der Waals surface area contributed by atoms with E-state index in [0.717, 1.165) is 30.4 Å². The van der Waals surface area contributed by atoms with Gasteiger partial charge in [0.05, 0.1) is 33.7 Å². The quantitative estimate of drug-likeness (QED) is 0.695. The first-order valence-electron chi connectivity index (χ1n) is 6.38. The number of nitrogens with zero attached hydrogens (tertiary/aromatic N) is 2. The molecule has 0 aromatic heterocycles. The third-order valence-electron chi connectivity index (χ3n) is 2.76. The van der Waals surface area contributed by atoms with Crippen LogP contribution in [0.5, 0.6) is 0 Å². The summed E-state index contributed by atoms with van der Waals surface area (Å²) in [6.45, 7) is 7.56. The standard InChI is InChI=1S/C13H27N2O2/c1-13(2,3)17-12(16)14-9-7-8-11(14)10-15(4,5)6/h11H,7-10H2,1-6H3/q+1/t11-/m0/s1. The van der Waals surface area contributed by atoms with Crippen molar-refractivity contribution in [2.75, 3.05) is 34.2 Å². The van der Waals surface area contributed by atoms with Crippen LogP contribution < -0.4 is 0 Å². The second-order valence-corrected chi connectivity index (χ2v) is 6.94. The first kappa shape index (κ1) is 14.3. The molecule has 0 unspecified atom stereocenters. The number of amides is 1. The number of hydrogen-bond donors (Lipinski definition) is 0. The normalized spacial score (nSPS) is 21.8. The molecule has 4 nitrogen and oxygen atoms in total. The Bertz CT molecular complexity index is 276. The van der Waals surface area contributed by atoms with Crippen molar-refractivity contribution in [3.8, 4) is 0 Å². The van der Waals surface area contributed by atoms with E-state index in [4.69, 9.17) is 4.74 Å². The Kier molecular flexibility index (Phi) is 4.07. The van der Waals surface area contributed by atoms with Gasteiger partial charge in [0, 0.05) is 6.54 Å². The highest BCUT2D eigenvalue weighted by atomic mass is 16.6. The van der Waals surface area contributed by atoms with E-state index in [2.05, 4.69) is 21.1 Å². The number of likely N-dealkylation sites (tertiary alicyclic amines) is 1. The molecule has 1 heterocycles. The van der Waals surface area contributed by atoms with Crippen molar-refractivity contribution in [3.63, 3.8) is 0 Å². The predicted octanol–water partition coefficient (Wildman–Crippen LogP) is 2.09. The number of likely N-dealkylation sites (N-methyl/N-ethyl adjacent to an activating group) is 1. The smallest absolute Gasteiger partial charge is 0.410 e. The van der Waals surface area contributed by atoms with Gasteiger partial charge < -0.3 is 9.22 Å². The van der Waals surface area contributed by atoms with E-state index in [1.807, 2.05) is 25.7 Å². The summed E-state index contributed by atoms with van der Waals surface area (Å²) >= 11 is 0. The Morgan fingerprint density at radius 2 is 1.94 bits per heavy atom. The second-order valence-electron chi connectivity index (χ2n) is 6.94. The van der Waals surface area contributed by atoms with Crippen LogP contribution in [0.25, 0.3) is 0 Å². The molecular formula is C13H27N2O2+. The third-order valence-corrected chi connectivity index (χ3v) is 2.76. The molecule has 1 atom stereocenters. The van der Waals surface area contributed by atoms with Crippen molar-refractivity contribution >= 4 is 6.09 Å². The number of ether oxygens (including phenoxy) is 1. The molecule has 1 saturated heterocycles. The van der Waals surface area contributed by atoms with Crippen LogP contribution in [-0.2, 0) is 4.74 Å². The molecule has 1 aliphatic heterocycles. The predicted molar refractivity (Wildman–Crippen MR) is 68.9 cm³/mol. The van der Waals surface area contributed by atoms with Gasteiger partial charge in [0.2, 0.25) is 0 Å². The highest BCUT2D eigenvalue weighted by molar-refractivity contribution is 5.68. The molecule has 100 valence electrons. The number of carbonyl (C=O) groups excluding carboxylic acids is 1. The second kappa shape index (κ2) is 4.84. The van der Waals surface area contributed by atoms with E-state index in [-0.39, 0.29) is 6.09 Å². The zero-order valence-corrected chi connectivity index (χ0v) is 12.1. The number of rotatable bonds is 2.